The van der Waals surface area contributed by atoms with Crippen LogP contribution in [-0.4, -0.2) is 19.6 Å². The summed E-state index contributed by atoms with van der Waals surface area (Å²) in [4.78, 5) is 0. The summed E-state index contributed by atoms with van der Waals surface area (Å²) in [5, 5.41) is 0.129. The number of rotatable bonds is 3. The first-order valence-corrected chi connectivity index (χ1v) is 5.76. The number of hydrogen-bond donors (Lipinski definition) is 0. The fourth-order valence-electron chi connectivity index (χ4n) is 2.05. The number of methoxy groups -OCH3 is 2. The second-order valence-electron chi connectivity index (χ2n) is 3.78. The molecule has 0 saturated heterocycles. The van der Waals surface area contributed by atoms with Gasteiger partial charge in [-0.25, -0.2) is 0 Å². The molecule has 0 spiro atoms. The zero-order valence-electron chi connectivity index (χ0n) is 9.50. The van der Waals surface area contributed by atoms with Crippen molar-refractivity contribution in [1.29, 1.82) is 0 Å². The van der Waals surface area contributed by atoms with E-state index in [2.05, 4.69) is 6.08 Å². The highest BCUT2D eigenvalue weighted by Crippen LogP contribution is 2.40. The SMILES string of the molecule is COc1cccc(OC)c1C1=CC(Cl)CC1. The molecule has 0 bridgehead atoms. The van der Waals surface area contributed by atoms with E-state index >= 15 is 0 Å². The van der Waals surface area contributed by atoms with Crippen LogP contribution >= 0.6 is 11.6 Å². The van der Waals surface area contributed by atoms with Crippen LogP contribution in [0.15, 0.2) is 24.3 Å². The number of benzene rings is 1. The summed E-state index contributed by atoms with van der Waals surface area (Å²) in [5.41, 5.74) is 2.25. The van der Waals surface area contributed by atoms with Crippen molar-refractivity contribution in [2.45, 2.75) is 18.2 Å². The Kier molecular flexibility index (Phi) is 3.39. The third kappa shape index (κ3) is 2.03. The zero-order chi connectivity index (χ0) is 11.5. The number of hydrogen-bond acceptors (Lipinski definition) is 2. The Morgan fingerprint density at radius 1 is 1.19 bits per heavy atom. The highest BCUT2D eigenvalue weighted by Gasteiger charge is 2.20. The lowest BCUT2D eigenvalue weighted by Gasteiger charge is -2.13. The first-order chi connectivity index (χ1) is 7.76. The van der Waals surface area contributed by atoms with E-state index in [9.17, 15) is 0 Å². The van der Waals surface area contributed by atoms with Gasteiger partial charge in [0.1, 0.15) is 11.5 Å². The predicted molar refractivity (Wildman–Crippen MR) is 66.4 cm³/mol. The molecule has 0 fully saturated rings. The van der Waals surface area contributed by atoms with Crippen LogP contribution < -0.4 is 9.47 Å². The fourth-order valence-corrected chi connectivity index (χ4v) is 2.32. The van der Waals surface area contributed by atoms with Crippen molar-refractivity contribution in [2.24, 2.45) is 0 Å². The van der Waals surface area contributed by atoms with Crippen molar-refractivity contribution in [3.8, 4) is 11.5 Å². The van der Waals surface area contributed by atoms with E-state index in [1.165, 1.54) is 5.57 Å². The predicted octanol–water partition coefficient (Wildman–Crippen LogP) is 3.49. The summed E-state index contributed by atoms with van der Waals surface area (Å²) >= 11 is 6.09. The Morgan fingerprint density at radius 3 is 2.25 bits per heavy atom. The van der Waals surface area contributed by atoms with Crippen molar-refractivity contribution in [3.63, 3.8) is 0 Å². The monoisotopic (exact) mass is 238 g/mol. The van der Waals surface area contributed by atoms with Gasteiger partial charge in [0.2, 0.25) is 0 Å². The van der Waals surface area contributed by atoms with Gasteiger partial charge < -0.3 is 9.47 Å². The van der Waals surface area contributed by atoms with E-state index in [-0.39, 0.29) is 5.38 Å². The largest absolute Gasteiger partial charge is 0.496 e. The maximum atomic E-state index is 6.09. The summed E-state index contributed by atoms with van der Waals surface area (Å²) < 4.78 is 10.7. The Balaban J connectivity index is 2.48. The zero-order valence-corrected chi connectivity index (χ0v) is 10.3. The molecule has 0 saturated carbocycles. The van der Waals surface area contributed by atoms with Crippen LogP contribution in [0.25, 0.3) is 5.57 Å². The lowest BCUT2D eigenvalue weighted by atomic mass is 10.0. The molecule has 1 aliphatic rings. The van der Waals surface area contributed by atoms with E-state index in [1.54, 1.807) is 14.2 Å². The molecule has 1 aromatic rings. The molecule has 1 aliphatic carbocycles. The first kappa shape index (κ1) is 11.3. The molecular weight excluding hydrogens is 224 g/mol. The highest BCUT2D eigenvalue weighted by atomic mass is 35.5. The van der Waals surface area contributed by atoms with Crippen LogP contribution in [0.5, 0.6) is 11.5 Å². The second kappa shape index (κ2) is 4.79. The topological polar surface area (TPSA) is 18.5 Å². The maximum absolute atomic E-state index is 6.09. The third-order valence-corrected chi connectivity index (χ3v) is 3.16. The van der Waals surface area contributed by atoms with Gasteiger partial charge >= 0.3 is 0 Å². The van der Waals surface area contributed by atoms with Gasteiger partial charge in [0.25, 0.3) is 0 Å². The molecule has 1 aromatic carbocycles. The molecule has 0 N–H and O–H groups in total. The normalized spacial score (nSPS) is 19.4. The molecule has 0 aliphatic heterocycles. The molecule has 2 rings (SSSR count). The summed E-state index contributed by atoms with van der Waals surface area (Å²) in [6, 6.07) is 5.81. The molecular formula is C13H15ClO2. The van der Waals surface area contributed by atoms with Crippen molar-refractivity contribution < 1.29 is 9.47 Å². The van der Waals surface area contributed by atoms with Crippen LogP contribution in [0, 0.1) is 0 Å². The van der Waals surface area contributed by atoms with Gasteiger partial charge in [0.15, 0.2) is 0 Å². The van der Waals surface area contributed by atoms with E-state index in [4.69, 9.17) is 21.1 Å². The summed E-state index contributed by atoms with van der Waals surface area (Å²) in [6.07, 6.45) is 4.05. The van der Waals surface area contributed by atoms with E-state index in [0.29, 0.717) is 0 Å². The summed E-state index contributed by atoms with van der Waals surface area (Å²) in [6.45, 7) is 0. The molecule has 2 nitrogen and oxygen atoms in total. The van der Waals surface area contributed by atoms with Gasteiger partial charge in [0.05, 0.1) is 25.2 Å². The number of allylic oxidation sites excluding steroid dienone is 2. The Morgan fingerprint density at radius 2 is 1.81 bits per heavy atom. The summed E-state index contributed by atoms with van der Waals surface area (Å²) in [5.74, 6) is 1.69. The third-order valence-electron chi connectivity index (χ3n) is 2.82. The van der Waals surface area contributed by atoms with Crippen LogP contribution in [0.1, 0.15) is 18.4 Å². The lowest BCUT2D eigenvalue weighted by molar-refractivity contribution is 0.392. The Bertz CT molecular complexity index is 390. The van der Waals surface area contributed by atoms with E-state index < -0.39 is 0 Å². The number of ether oxygens (including phenoxy) is 2. The molecule has 3 heteroatoms. The van der Waals surface area contributed by atoms with E-state index in [0.717, 1.165) is 29.9 Å². The van der Waals surface area contributed by atoms with Gasteiger partial charge in [-0.1, -0.05) is 12.1 Å². The molecule has 0 aromatic heterocycles. The van der Waals surface area contributed by atoms with Crippen LogP contribution in [-0.2, 0) is 0 Å². The average molecular weight is 239 g/mol. The van der Waals surface area contributed by atoms with Gasteiger partial charge in [-0.15, -0.1) is 11.6 Å². The van der Waals surface area contributed by atoms with Crippen molar-refractivity contribution >= 4 is 17.2 Å². The number of alkyl halides is 1. The van der Waals surface area contributed by atoms with E-state index in [1.807, 2.05) is 18.2 Å². The van der Waals surface area contributed by atoms with Gasteiger partial charge in [-0.2, -0.15) is 0 Å². The van der Waals surface area contributed by atoms with Crippen molar-refractivity contribution in [1.82, 2.24) is 0 Å². The minimum Gasteiger partial charge on any atom is -0.496 e. The second-order valence-corrected chi connectivity index (χ2v) is 4.34. The molecule has 86 valence electrons. The van der Waals surface area contributed by atoms with Gasteiger partial charge in [-0.3, -0.25) is 0 Å². The standard InChI is InChI=1S/C13H15ClO2/c1-15-11-4-3-5-12(16-2)13(11)9-6-7-10(14)8-9/h3-5,8,10H,6-7H2,1-2H3. The minimum absolute atomic E-state index is 0.129. The van der Waals surface area contributed by atoms with Gasteiger partial charge in [-0.05, 0) is 30.5 Å². The Hall–Kier alpha value is -1.15. The highest BCUT2D eigenvalue weighted by molar-refractivity contribution is 6.22. The van der Waals surface area contributed by atoms with Crippen LogP contribution in [0.4, 0.5) is 0 Å². The van der Waals surface area contributed by atoms with Crippen LogP contribution in [0.3, 0.4) is 0 Å². The minimum atomic E-state index is 0.129. The summed E-state index contributed by atoms with van der Waals surface area (Å²) in [7, 11) is 3.35. The van der Waals surface area contributed by atoms with Crippen molar-refractivity contribution in [3.05, 3.63) is 29.8 Å². The van der Waals surface area contributed by atoms with Crippen molar-refractivity contribution in [2.75, 3.05) is 14.2 Å². The lowest BCUT2D eigenvalue weighted by Crippen LogP contribution is -1.95. The molecule has 16 heavy (non-hydrogen) atoms. The Labute approximate surface area is 101 Å². The molecule has 0 radical (unpaired) electrons. The maximum Gasteiger partial charge on any atom is 0.130 e. The molecule has 1 unspecified atom stereocenters. The first-order valence-electron chi connectivity index (χ1n) is 5.32. The molecule has 0 heterocycles. The van der Waals surface area contributed by atoms with Crippen LogP contribution in [0.2, 0.25) is 0 Å². The molecule has 0 amide bonds. The quantitative estimate of drug-likeness (QED) is 0.751. The number of halogens is 1. The smallest absolute Gasteiger partial charge is 0.130 e. The van der Waals surface area contributed by atoms with Gasteiger partial charge in [0, 0.05) is 0 Å². The average Bonchev–Trinajstić information content (AvgIpc) is 2.74. The fraction of sp³-hybridized carbons (Fsp3) is 0.385. The molecule has 1 atom stereocenters.